The van der Waals surface area contributed by atoms with Crippen molar-refractivity contribution in [1.29, 1.82) is 0 Å². The maximum absolute atomic E-state index is 13.4. The molecule has 214 valence electrons. The molecule has 2 saturated carbocycles. The third kappa shape index (κ3) is 3.84. The zero-order chi connectivity index (χ0) is 28.5. The Morgan fingerprint density at radius 2 is 1.97 bits per heavy atom. The van der Waals surface area contributed by atoms with Gasteiger partial charge in [-0.15, -0.1) is 0 Å². The van der Waals surface area contributed by atoms with Crippen LogP contribution in [0.1, 0.15) is 66.2 Å². The third-order valence-electron chi connectivity index (χ3n) is 10.3. The van der Waals surface area contributed by atoms with Crippen molar-refractivity contribution >= 4 is 17.7 Å². The lowest BCUT2D eigenvalue weighted by atomic mass is 9.38. The second kappa shape index (κ2) is 9.65. The summed E-state index contributed by atoms with van der Waals surface area (Å²) >= 11 is 0. The standard InChI is InChI=1S/C30H40O9/c1-6-7-8-9-15(2)10-11-21(32)39-23-22-17(4)24(33)30(36)27-28(5)18(16(3)12-19(31)25(28)34)13-20(38-26(23)35)29(22,27)14-37-30/h10,12,18,20,22-25,27,33-34,36H,4,6-9,11,13-14H2,1-3,5H3/b15-10+. The quantitative estimate of drug-likeness (QED) is 0.251. The molecule has 9 nitrogen and oxygen atoms in total. The highest BCUT2D eigenvalue weighted by Gasteiger charge is 2.83. The van der Waals surface area contributed by atoms with Gasteiger partial charge in [0.25, 0.3) is 0 Å². The zero-order valence-electron chi connectivity index (χ0n) is 23.1. The maximum atomic E-state index is 13.4. The molecule has 39 heavy (non-hydrogen) atoms. The smallest absolute Gasteiger partial charge is 0.348 e. The van der Waals surface area contributed by atoms with Gasteiger partial charge in [-0.3, -0.25) is 9.59 Å². The van der Waals surface area contributed by atoms with Gasteiger partial charge in [0.15, 0.2) is 11.6 Å². The fourth-order valence-corrected chi connectivity index (χ4v) is 8.50. The Bertz CT molecular complexity index is 1160. The zero-order valence-corrected chi connectivity index (χ0v) is 23.1. The number of hydrogen-bond acceptors (Lipinski definition) is 9. The first kappa shape index (κ1) is 28.2. The number of rotatable bonds is 7. The average molecular weight is 545 g/mol. The van der Waals surface area contributed by atoms with Gasteiger partial charge in [-0.2, -0.15) is 0 Å². The molecule has 1 spiro atoms. The Balaban J connectivity index is 1.52. The van der Waals surface area contributed by atoms with E-state index in [0.717, 1.165) is 31.3 Å². The van der Waals surface area contributed by atoms with Crippen molar-refractivity contribution in [1.82, 2.24) is 0 Å². The summed E-state index contributed by atoms with van der Waals surface area (Å²) in [7, 11) is 0. The molecule has 2 heterocycles. The molecule has 2 saturated heterocycles. The van der Waals surface area contributed by atoms with Gasteiger partial charge in [-0.05, 0) is 50.7 Å². The molecule has 0 aromatic rings. The van der Waals surface area contributed by atoms with Crippen molar-refractivity contribution in [2.45, 2.75) is 96.4 Å². The van der Waals surface area contributed by atoms with Gasteiger partial charge < -0.3 is 29.5 Å². The summed E-state index contributed by atoms with van der Waals surface area (Å²) in [5, 5.41) is 34.5. The van der Waals surface area contributed by atoms with Crippen molar-refractivity contribution < 1.29 is 43.9 Å². The summed E-state index contributed by atoms with van der Waals surface area (Å²) in [5.74, 6) is -6.39. The van der Waals surface area contributed by atoms with E-state index in [4.69, 9.17) is 14.2 Å². The predicted molar refractivity (Wildman–Crippen MR) is 139 cm³/mol. The Hall–Kier alpha value is -2.33. The fraction of sp³-hybridized carbons (Fsp3) is 0.700. The number of carbonyl (C=O) groups is 3. The lowest BCUT2D eigenvalue weighted by molar-refractivity contribution is -0.311. The SMILES string of the molecule is C=C1C(O)C2(O)OCC34C(CC5C(C)=CC(=O)C(O)C5(C)C23)OC(=O)C(OC(=O)C/C=C(\C)CCCCC)C14. The van der Waals surface area contributed by atoms with Crippen LogP contribution in [0, 0.1) is 28.6 Å². The molecule has 5 aliphatic rings. The molecule has 3 aliphatic carbocycles. The van der Waals surface area contributed by atoms with Crippen LogP contribution in [0.25, 0.3) is 0 Å². The summed E-state index contributed by atoms with van der Waals surface area (Å²) in [6.07, 6.45) is 2.25. The van der Waals surface area contributed by atoms with Crippen LogP contribution in [0.2, 0.25) is 0 Å². The number of esters is 2. The van der Waals surface area contributed by atoms with Gasteiger partial charge in [-0.1, -0.05) is 50.5 Å². The Morgan fingerprint density at radius 1 is 1.26 bits per heavy atom. The first-order valence-electron chi connectivity index (χ1n) is 14.0. The molecule has 0 radical (unpaired) electrons. The summed E-state index contributed by atoms with van der Waals surface area (Å²) in [6, 6.07) is 0. The minimum Gasteiger partial charge on any atom is -0.459 e. The second-order valence-electron chi connectivity index (χ2n) is 12.4. The van der Waals surface area contributed by atoms with Gasteiger partial charge in [0, 0.05) is 17.3 Å². The van der Waals surface area contributed by atoms with Gasteiger partial charge in [0.1, 0.15) is 18.3 Å². The van der Waals surface area contributed by atoms with E-state index >= 15 is 0 Å². The Labute approximate surface area is 228 Å². The van der Waals surface area contributed by atoms with Crippen LogP contribution in [0.4, 0.5) is 0 Å². The number of aliphatic hydroxyl groups excluding tert-OH is 2. The van der Waals surface area contributed by atoms with Gasteiger partial charge in [-0.25, -0.2) is 4.79 Å². The monoisotopic (exact) mass is 544 g/mol. The molecule has 5 rings (SSSR count). The molecule has 10 unspecified atom stereocenters. The van der Waals surface area contributed by atoms with Crippen LogP contribution in [0.3, 0.4) is 0 Å². The normalized spacial score (nSPS) is 44.8. The van der Waals surface area contributed by atoms with Crippen LogP contribution >= 0.6 is 0 Å². The molecule has 0 aromatic carbocycles. The lowest BCUT2D eigenvalue weighted by Gasteiger charge is -2.67. The van der Waals surface area contributed by atoms with E-state index in [2.05, 4.69) is 13.5 Å². The minimum absolute atomic E-state index is 0.0270. The highest BCUT2D eigenvalue weighted by atomic mass is 16.7. The topological polar surface area (TPSA) is 140 Å². The number of ether oxygens (including phenoxy) is 3. The van der Waals surface area contributed by atoms with Crippen molar-refractivity contribution in [3.8, 4) is 0 Å². The highest BCUT2D eigenvalue weighted by molar-refractivity contribution is 5.96. The predicted octanol–water partition coefficient (Wildman–Crippen LogP) is 2.52. The van der Waals surface area contributed by atoms with E-state index in [-0.39, 0.29) is 25.0 Å². The first-order valence-corrected chi connectivity index (χ1v) is 14.0. The number of allylic oxidation sites excluding steroid dienone is 2. The van der Waals surface area contributed by atoms with Crippen LogP contribution in [0.5, 0.6) is 0 Å². The van der Waals surface area contributed by atoms with E-state index in [1.165, 1.54) is 6.08 Å². The number of fused-ring (bicyclic) bond motifs is 1. The number of aliphatic hydroxyl groups is 3. The Kier molecular flexibility index (Phi) is 6.98. The largest absolute Gasteiger partial charge is 0.459 e. The van der Waals surface area contributed by atoms with E-state index in [1.54, 1.807) is 19.9 Å². The lowest BCUT2D eigenvalue weighted by Crippen LogP contribution is -2.76. The number of carbonyl (C=O) groups excluding carboxylic acids is 3. The second-order valence-corrected chi connectivity index (χ2v) is 12.4. The van der Waals surface area contributed by atoms with Gasteiger partial charge in [0.2, 0.25) is 6.10 Å². The fourth-order valence-electron chi connectivity index (χ4n) is 8.50. The molecule has 9 heteroatoms. The molecular weight excluding hydrogens is 504 g/mol. The summed E-state index contributed by atoms with van der Waals surface area (Å²) in [4.78, 5) is 39.2. The number of unbranched alkanes of at least 4 members (excludes halogenated alkanes) is 2. The van der Waals surface area contributed by atoms with E-state index in [9.17, 15) is 29.7 Å². The number of ketones is 1. The molecule has 3 N–H and O–H groups in total. The van der Waals surface area contributed by atoms with E-state index < -0.39 is 76.5 Å². The van der Waals surface area contributed by atoms with Crippen molar-refractivity contribution in [3.63, 3.8) is 0 Å². The van der Waals surface area contributed by atoms with Crippen molar-refractivity contribution in [2.24, 2.45) is 28.6 Å². The molecule has 0 amide bonds. The highest BCUT2D eigenvalue weighted by Crippen LogP contribution is 2.73. The third-order valence-corrected chi connectivity index (χ3v) is 10.3. The van der Waals surface area contributed by atoms with Crippen LogP contribution in [-0.4, -0.2) is 69.9 Å². The molecule has 10 atom stereocenters. The summed E-state index contributed by atoms with van der Waals surface area (Å²) in [6.45, 7) is 11.5. The van der Waals surface area contributed by atoms with E-state index in [1.807, 2.05) is 6.92 Å². The van der Waals surface area contributed by atoms with Crippen molar-refractivity contribution in [2.75, 3.05) is 6.61 Å². The van der Waals surface area contributed by atoms with Crippen LogP contribution in [0.15, 0.2) is 35.5 Å². The molecule has 0 aromatic heterocycles. The van der Waals surface area contributed by atoms with E-state index in [0.29, 0.717) is 5.57 Å². The Morgan fingerprint density at radius 3 is 2.67 bits per heavy atom. The molecular formula is C30H40O9. The van der Waals surface area contributed by atoms with Crippen molar-refractivity contribution in [3.05, 3.63) is 35.5 Å². The molecule has 2 bridgehead atoms. The average Bonchev–Trinajstić information content (AvgIpc) is 3.17. The first-order chi connectivity index (χ1) is 18.3. The molecule has 4 fully saturated rings. The molecule has 2 aliphatic heterocycles. The summed E-state index contributed by atoms with van der Waals surface area (Å²) in [5.41, 5.74) is -0.536. The summed E-state index contributed by atoms with van der Waals surface area (Å²) < 4.78 is 17.6. The van der Waals surface area contributed by atoms with Gasteiger partial charge in [0.05, 0.1) is 18.4 Å². The van der Waals surface area contributed by atoms with Crippen LogP contribution in [-0.2, 0) is 28.6 Å². The number of hydrogen-bond donors (Lipinski definition) is 3. The van der Waals surface area contributed by atoms with Gasteiger partial charge >= 0.3 is 11.9 Å². The minimum atomic E-state index is -2.17. The maximum Gasteiger partial charge on any atom is 0.348 e. The van der Waals surface area contributed by atoms with Crippen LogP contribution < -0.4 is 0 Å².